The maximum Gasteiger partial charge on any atom is 0.224 e. The van der Waals surface area contributed by atoms with Crippen LogP contribution in [0.2, 0.25) is 0 Å². The Morgan fingerprint density at radius 3 is 2.25 bits per heavy atom. The molecule has 0 fully saturated rings. The van der Waals surface area contributed by atoms with E-state index in [1.54, 1.807) is 16.8 Å². The van der Waals surface area contributed by atoms with E-state index in [2.05, 4.69) is 0 Å². The summed E-state index contributed by atoms with van der Waals surface area (Å²) in [7, 11) is 1.79. The summed E-state index contributed by atoms with van der Waals surface area (Å²) in [6, 6.07) is 9.80. The molecule has 0 radical (unpaired) electrons. The van der Waals surface area contributed by atoms with Crippen molar-refractivity contribution < 1.29 is 9.59 Å². The molecule has 0 saturated heterocycles. The molecule has 0 spiro atoms. The number of carbonyl (C=O) groups excluding carboxylic acids is 2. The van der Waals surface area contributed by atoms with Crippen LogP contribution in [-0.2, 0) is 16.1 Å². The first-order chi connectivity index (χ1) is 10.7. The SMILES string of the molecule is CC(=O)N(CCC(=O)N(C)CC(C)(C)CN)Cc1ccccc1.Cl. The third-order valence-electron chi connectivity index (χ3n) is 3.90. The van der Waals surface area contributed by atoms with Crippen LogP contribution >= 0.6 is 12.4 Å². The average molecular weight is 356 g/mol. The summed E-state index contributed by atoms with van der Waals surface area (Å²) < 4.78 is 0. The zero-order valence-electron chi connectivity index (χ0n) is 15.1. The third-order valence-corrected chi connectivity index (χ3v) is 3.90. The van der Waals surface area contributed by atoms with Crippen molar-refractivity contribution in [3.8, 4) is 0 Å². The largest absolute Gasteiger partial charge is 0.345 e. The number of halogens is 1. The fourth-order valence-corrected chi connectivity index (χ4v) is 2.37. The van der Waals surface area contributed by atoms with Gasteiger partial charge in [0.1, 0.15) is 0 Å². The Bertz CT molecular complexity index is 520. The Hall–Kier alpha value is -1.59. The minimum atomic E-state index is -0.102. The Labute approximate surface area is 151 Å². The van der Waals surface area contributed by atoms with Crippen molar-refractivity contribution >= 4 is 24.2 Å². The molecule has 0 aliphatic carbocycles. The Kier molecular flexibility index (Phi) is 9.63. The summed E-state index contributed by atoms with van der Waals surface area (Å²) in [5.74, 6) is 0.0115. The van der Waals surface area contributed by atoms with Crippen LogP contribution in [0.5, 0.6) is 0 Å². The number of nitrogens with two attached hydrogens (primary N) is 1. The van der Waals surface area contributed by atoms with E-state index in [4.69, 9.17) is 5.73 Å². The molecule has 1 rings (SSSR count). The predicted octanol–water partition coefficient (Wildman–Crippen LogP) is 2.29. The van der Waals surface area contributed by atoms with Gasteiger partial charge in [-0.05, 0) is 17.5 Å². The lowest BCUT2D eigenvalue weighted by molar-refractivity contribution is -0.133. The Morgan fingerprint density at radius 2 is 1.75 bits per heavy atom. The lowest BCUT2D eigenvalue weighted by Gasteiger charge is -2.30. The van der Waals surface area contributed by atoms with E-state index in [0.717, 1.165) is 5.56 Å². The number of benzene rings is 1. The lowest BCUT2D eigenvalue weighted by atomic mass is 9.93. The van der Waals surface area contributed by atoms with Crippen LogP contribution in [0.4, 0.5) is 0 Å². The first-order valence-electron chi connectivity index (χ1n) is 7.98. The molecule has 136 valence electrons. The van der Waals surface area contributed by atoms with Gasteiger partial charge in [-0.15, -0.1) is 12.4 Å². The molecule has 1 aromatic rings. The number of rotatable bonds is 8. The molecule has 0 aliphatic heterocycles. The number of carbonyl (C=O) groups is 2. The molecule has 1 aromatic carbocycles. The zero-order valence-corrected chi connectivity index (χ0v) is 15.9. The van der Waals surface area contributed by atoms with Crippen LogP contribution in [0.3, 0.4) is 0 Å². The van der Waals surface area contributed by atoms with E-state index in [1.165, 1.54) is 6.92 Å². The van der Waals surface area contributed by atoms with Crippen LogP contribution in [0, 0.1) is 5.41 Å². The van der Waals surface area contributed by atoms with Crippen LogP contribution in [0.15, 0.2) is 30.3 Å². The van der Waals surface area contributed by atoms with Crippen molar-refractivity contribution in [3.05, 3.63) is 35.9 Å². The second-order valence-corrected chi connectivity index (χ2v) is 6.79. The summed E-state index contributed by atoms with van der Waals surface area (Å²) in [5, 5.41) is 0. The first-order valence-corrected chi connectivity index (χ1v) is 7.98. The van der Waals surface area contributed by atoms with Gasteiger partial charge in [0.2, 0.25) is 11.8 Å². The van der Waals surface area contributed by atoms with Crippen LogP contribution in [0.25, 0.3) is 0 Å². The molecule has 2 amide bonds. The summed E-state index contributed by atoms with van der Waals surface area (Å²) in [4.78, 5) is 27.5. The molecule has 0 aliphatic rings. The molecular weight excluding hydrogens is 326 g/mol. The number of hydrogen-bond acceptors (Lipinski definition) is 3. The average Bonchev–Trinajstić information content (AvgIpc) is 2.51. The van der Waals surface area contributed by atoms with Gasteiger partial charge in [-0.3, -0.25) is 9.59 Å². The molecule has 0 aromatic heterocycles. The summed E-state index contributed by atoms with van der Waals surface area (Å²) in [6.07, 6.45) is 0.323. The standard InChI is InChI=1S/C18H29N3O2.ClH/c1-15(22)21(12-16-8-6-5-7-9-16)11-10-17(23)20(4)14-18(2,3)13-19;/h5-9H,10-14,19H2,1-4H3;1H. The molecule has 5 nitrogen and oxygen atoms in total. The fourth-order valence-electron chi connectivity index (χ4n) is 2.37. The van der Waals surface area contributed by atoms with Gasteiger partial charge in [-0.25, -0.2) is 0 Å². The normalized spacial score (nSPS) is 10.7. The summed E-state index contributed by atoms with van der Waals surface area (Å²) >= 11 is 0. The van der Waals surface area contributed by atoms with Crippen molar-refractivity contribution in [1.82, 2.24) is 9.80 Å². The summed E-state index contributed by atoms with van der Waals surface area (Å²) in [5.41, 5.74) is 6.67. The minimum Gasteiger partial charge on any atom is -0.345 e. The third kappa shape index (κ3) is 7.79. The molecule has 6 heteroatoms. The number of amides is 2. The van der Waals surface area contributed by atoms with Crippen LogP contribution in [-0.4, -0.2) is 48.3 Å². The Balaban J connectivity index is 0.00000529. The van der Waals surface area contributed by atoms with Gasteiger partial charge >= 0.3 is 0 Å². The molecule has 2 N–H and O–H groups in total. The molecule has 0 heterocycles. The first kappa shape index (κ1) is 22.4. The highest BCUT2D eigenvalue weighted by Crippen LogP contribution is 2.14. The lowest BCUT2D eigenvalue weighted by Crippen LogP contribution is -2.41. The van der Waals surface area contributed by atoms with E-state index in [9.17, 15) is 9.59 Å². The number of nitrogens with zero attached hydrogens (tertiary/aromatic N) is 2. The molecular formula is C18H30ClN3O2. The van der Waals surface area contributed by atoms with Gasteiger partial charge in [-0.1, -0.05) is 44.2 Å². The predicted molar refractivity (Wildman–Crippen MR) is 99.9 cm³/mol. The quantitative estimate of drug-likeness (QED) is 0.778. The zero-order chi connectivity index (χ0) is 17.5. The number of hydrogen-bond donors (Lipinski definition) is 1. The van der Waals surface area contributed by atoms with E-state index in [0.29, 0.717) is 32.6 Å². The van der Waals surface area contributed by atoms with Crippen molar-refractivity contribution in [2.75, 3.05) is 26.7 Å². The van der Waals surface area contributed by atoms with Gasteiger partial charge in [0, 0.05) is 40.0 Å². The van der Waals surface area contributed by atoms with Crippen LogP contribution in [0.1, 0.15) is 32.8 Å². The van der Waals surface area contributed by atoms with E-state index < -0.39 is 0 Å². The highest BCUT2D eigenvalue weighted by molar-refractivity contribution is 5.85. The topological polar surface area (TPSA) is 66.6 Å². The Morgan fingerprint density at radius 1 is 1.17 bits per heavy atom. The second kappa shape index (κ2) is 10.3. The summed E-state index contributed by atoms with van der Waals surface area (Å²) in [6.45, 7) is 7.70. The van der Waals surface area contributed by atoms with Crippen molar-refractivity contribution in [1.29, 1.82) is 0 Å². The van der Waals surface area contributed by atoms with Crippen molar-refractivity contribution in [2.24, 2.45) is 11.1 Å². The maximum atomic E-state index is 12.3. The highest BCUT2D eigenvalue weighted by Gasteiger charge is 2.21. The molecule has 24 heavy (non-hydrogen) atoms. The molecule has 0 saturated carbocycles. The van der Waals surface area contributed by atoms with Gasteiger partial charge in [-0.2, -0.15) is 0 Å². The second-order valence-electron chi connectivity index (χ2n) is 6.79. The maximum absolute atomic E-state index is 12.3. The monoisotopic (exact) mass is 355 g/mol. The fraction of sp³-hybridized carbons (Fsp3) is 0.556. The molecule has 0 unspecified atom stereocenters. The van der Waals surface area contributed by atoms with Crippen LogP contribution < -0.4 is 5.73 Å². The van der Waals surface area contributed by atoms with Crippen molar-refractivity contribution in [3.63, 3.8) is 0 Å². The van der Waals surface area contributed by atoms with E-state index in [-0.39, 0.29) is 29.6 Å². The van der Waals surface area contributed by atoms with Gasteiger partial charge in [0.25, 0.3) is 0 Å². The minimum absolute atomic E-state index is 0. The van der Waals surface area contributed by atoms with Gasteiger partial charge in [0.15, 0.2) is 0 Å². The van der Waals surface area contributed by atoms with Gasteiger partial charge < -0.3 is 15.5 Å². The highest BCUT2D eigenvalue weighted by atomic mass is 35.5. The van der Waals surface area contributed by atoms with Gasteiger partial charge in [0.05, 0.1) is 0 Å². The van der Waals surface area contributed by atoms with E-state index >= 15 is 0 Å². The van der Waals surface area contributed by atoms with Crippen molar-refractivity contribution in [2.45, 2.75) is 33.7 Å². The molecule has 0 bridgehead atoms. The molecule has 0 atom stereocenters. The van der Waals surface area contributed by atoms with E-state index in [1.807, 2.05) is 44.2 Å². The smallest absolute Gasteiger partial charge is 0.224 e.